The van der Waals surface area contributed by atoms with Gasteiger partial charge in [-0.1, -0.05) is 60.7 Å². The van der Waals surface area contributed by atoms with E-state index in [-0.39, 0.29) is 13.2 Å². The van der Waals surface area contributed by atoms with Crippen molar-refractivity contribution >= 4 is 15.6 Å². The van der Waals surface area contributed by atoms with Crippen LogP contribution in [0.1, 0.15) is 11.1 Å². The van der Waals surface area contributed by atoms with Gasteiger partial charge in [0.1, 0.15) is 0 Å². The molecule has 2 rings (SSSR count). The van der Waals surface area contributed by atoms with E-state index in [2.05, 4.69) is 4.31 Å². The van der Waals surface area contributed by atoms with E-state index in [0.717, 1.165) is 0 Å². The highest BCUT2D eigenvalue weighted by molar-refractivity contribution is 7.61. The average molecular weight is 358 g/mol. The molecular weight excluding hydrogens is 342 g/mol. The van der Waals surface area contributed by atoms with Gasteiger partial charge in [-0.2, -0.15) is 4.31 Å². The Bertz CT molecular complexity index is 652. The first-order valence-electron chi connectivity index (χ1n) is 6.60. The van der Waals surface area contributed by atoms with Crippen LogP contribution >= 0.6 is 15.6 Å². The van der Waals surface area contributed by atoms with Crippen LogP contribution in [0.3, 0.4) is 0 Å². The van der Waals surface area contributed by atoms with E-state index in [1.807, 2.05) is 0 Å². The Morgan fingerprint density at radius 2 is 1.13 bits per heavy atom. The number of hydrogen-bond donors (Lipinski definition) is 2. The first-order chi connectivity index (χ1) is 10.9. The molecule has 0 aliphatic heterocycles. The van der Waals surface area contributed by atoms with Gasteiger partial charge in [-0.15, -0.1) is 0 Å². The van der Waals surface area contributed by atoms with E-state index in [9.17, 15) is 9.13 Å². The van der Waals surface area contributed by atoms with E-state index in [1.54, 1.807) is 60.7 Å². The van der Waals surface area contributed by atoms with Gasteiger partial charge in [0.2, 0.25) is 0 Å². The molecule has 2 aromatic rings. The molecule has 0 spiro atoms. The summed E-state index contributed by atoms with van der Waals surface area (Å²) in [6, 6.07) is 17.4. The Balaban J connectivity index is 2.05. The lowest BCUT2D eigenvalue weighted by molar-refractivity contribution is 0.129. The zero-order valence-corrected chi connectivity index (χ0v) is 13.8. The zero-order valence-electron chi connectivity index (χ0n) is 12.0. The Morgan fingerprint density at radius 1 is 0.739 bits per heavy atom. The van der Waals surface area contributed by atoms with E-state index < -0.39 is 15.6 Å². The molecule has 0 saturated heterocycles. The zero-order chi connectivity index (χ0) is 16.8. The van der Waals surface area contributed by atoms with E-state index >= 15 is 0 Å². The highest BCUT2D eigenvalue weighted by Crippen LogP contribution is 2.61. The van der Waals surface area contributed by atoms with Crippen molar-refractivity contribution in [2.24, 2.45) is 0 Å². The van der Waals surface area contributed by atoms with Crippen LogP contribution in [0.5, 0.6) is 0 Å². The molecule has 0 heterocycles. The second-order valence-electron chi connectivity index (χ2n) is 4.54. The fourth-order valence-corrected chi connectivity index (χ4v) is 3.78. The minimum atomic E-state index is -5.04. The van der Waals surface area contributed by atoms with Gasteiger partial charge in [0.05, 0.1) is 13.2 Å². The summed E-state index contributed by atoms with van der Waals surface area (Å²) >= 11 is 0. The third-order valence-electron chi connectivity index (χ3n) is 2.67. The molecule has 9 heteroatoms. The number of benzene rings is 2. The molecule has 0 aliphatic rings. The maximum atomic E-state index is 12.4. The Labute approximate surface area is 133 Å². The summed E-state index contributed by atoms with van der Waals surface area (Å²) in [5.41, 5.74) is 1.32. The van der Waals surface area contributed by atoms with Gasteiger partial charge in [0.25, 0.3) is 0 Å². The summed E-state index contributed by atoms with van der Waals surface area (Å²) in [6.07, 6.45) is 0. The number of phosphoric acid groups is 2. The maximum absolute atomic E-state index is 12.4. The van der Waals surface area contributed by atoms with Gasteiger partial charge in [-0.05, 0) is 11.1 Å². The predicted molar refractivity (Wildman–Crippen MR) is 83.2 cm³/mol. The van der Waals surface area contributed by atoms with Crippen LogP contribution in [-0.2, 0) is 35.7 Å². The third kappa shape index (κ3) is 6.77. The van der Waals surface area contributed by atoms with Crippen molar-refractivity contribution in [3.8, 4) is 0 Å². The van der Waals surface area contributed by atoms with Gasteiger partial charge >= 0.3 is 15.6 Å². The highest BCUT2D eigenvalue weighted by Gasteiger charge is 2.36. The van der Waals surface area contributed by atoms with Crippen LogP contribution in [0.4, 0.5) is 0 Å². The number of rotatable bonds is 8. The number of phosphoric ester groups is 1. The Kier molecular flexibility index (Phi) is 6.27. The summed E-state index contributed by atoms with van der Waals surface area (Å²) in [5.74, 6) is 0. The molecule has 0 amide bonds. The summed E-state index contributed by atoms with van der Waals surface area (Å²) in [7, 11) is -9.48. The van der Waals surface area contributed by atoms with E-state index in [0.29, 0.717) is 11.1 Å². The fraction of sp³-hybridized carbons (Fsp3) is 0.143. The van der Waals surface area contributed by atoms with Crippen LogP contribution in [-0.4, -0.2) is 9.79 Å². The molecule has 124 valence electrons. The summed E-state index contributed by atoms with van der Waals surface area (Å²) < 4.78 is 37.7. The average Bonchev–Trinajstić information content (AvgIpc) is 2.52. The molecule has 2 N–H and O–H groups in total. The van der Waals surface area contributed by atoms with Crippen molar-refractivity contribution in [2.75, 3.05) is 0 Å². The van der Waals surface area contributed by atoms with Crippen LogP contribution in [0.2, 0.25) is 0 Å². The summed E-state index contributed by atoms with van der Waals surface area (Å²) in [6.45, 7) is -0.347. The van der Waals surface area contributed by atoms with Crippen molar-refractivity contribution in [1.29, 1.82) is 0 Å². The third-order valence-corrected chi connectivity index (χ3v) is 5.21. The van der Waals surface area contributed by atoms with Gasteiger partial charge in [0, 0.05) is 0 Å². The van der Waals surface area contributed by atoms with Crippen molar-refractivity contribution in [3.05, 3.63) is 71.8 Å². The monoisotopic (exact) mass is 358 g/mol. The molecule has 0 fully saturated rings. The lowest BCUT2D eigenvalue weighted by Crippen LogP contribution is -2.00. The van der Waals surface area contributed by atoms with Gasteiger partial charge < -0.3 is 9.79 Å². The Hall–Kier alpha value is -1.30. The minimum Gasteiger partial charge on any atom is -0.302 e. The van der Waals surface area contributed by atoms with Crippen LogP contribution in [0, 0.1) is 0 Å². The topological polar surface area (TPSA) is 102 Å². The molecule has 7 nitrogen and oxygen atoms in total. The molecule has 0 saturated carbocycles. The van der Waals surface area contributed by atoms with Crippen molar-refractivity contribution in [2.45, 2.75) is 13.2 Å². The van der Waals surface area contributed by atoms with E-state index in [1.165, 1.54) is 0 Å². The van der Waals surface area contributed by atoms with E-state index in [4.69, 9.17) is 18.8 Å². The van der Waals surface area contributed by atoms with Crippen molar-refractivity contribution in [1.82, 2.24) is 0 Å². The summed E-state index contributed by atoms with van der Waals surface area (Å²) in [4.78, 5) is 17.8. The van der Waals surface area contributed by atoms with Crippen molar-refractivity contribution < 1.29 is 32.3 Å². The highest BCUT2D eigenvalue weighted by atomic mass is 31.3. The second kappa shape index (κ2) is 7.99. The quantitative estimate of drug-likeness (QED) is 0.695. The van der Waals surface area contributed by atoms with Crippen LogP contribution < -0.4 is 0 Å². The smallest absolute Gasteiger partial charge is 0.302 e. The first-order valence-corrected chi connectivity index (χ1v) is 9.59. The molecule has 0 bridgehead atoms. The molecule has 0 radical (unpaired) electrons. The van der Waals surface area contributed by atoms with Crippen LogP contribution in [0.15, 0.2) is 60.7 Å². The normalized spacial score (nSPS) is 12.3. The molecule has 0 unspecified atom stereocenters. The molecule has 2 aromatic carbocycles. The fourth-order valence-electron chi connectivity index (χ4n) is 1.67. The number of hydrogen-bond acceptors (Lipinski definition) is 5. The lowest BCUT2D eigenvalue weighted by Gasteiger charge is -2.18. The lowest BCUT2D eigenvalue weighted by atomic mass is 10.2. The van der Waals surface area contributed by atoms with Gasteiger partial charge in [-0.3, -0.25) is 9.05 Å². The molecular formula is C14H16O7P2. The van der Waals surface area contributed by atoms with Gasteiger partial charge in [-0.25, -0.2) is 9.13 Å². The largest absolute Gasteiger partial charge is 0.484 e. The summed E-state index contributed by atoms with van der Waals surface area (Å²) in [5, 5.41) is 0. The minimum absolute atomic E-state index is 0.174. The SMILES string of the molecule is O=P(O)(O)OP(=O)(OCc1ccccc1)OCc1ccccc1. The predicted octanol–water partition coefficient (Wildman–Crippen LogP) is 3.64. The molecule has 0 aliphatic carbocycles. The maximum Gasteiger partial charge on any atom is 0.484 e. The first kappa shape index (κ1) is 18.0. The molecule has 0 aromatic heterocycles. The molecule has 0 atom stereocenters. The van der Waals surface area contributed by atoms with Crippen LogP contribution in [0.25, 0.3) is 0 Å². The van der Waals surface area contributed by atoms with Gasteiger partial charge in [0.15, 0.2) is 0 Å². The molecule has 23 heavy (non-hydrogen) atoms. The second-order valence-corrected chi connectivity index (χ2v) is 7.58. The van der Waals surface area contributed by atoms with Crippen molar-refractivity contribution in [3.63, 3.8) is 0 Å². The Morgan fingerprint density at radius 3 is 1.48 bits per heavy atom. The standard InChI is InChI=1S/C14H16O7P2/c15-22(16,17)21-23(18,19-11-13-7-3-1-4-8-13)20-12-14-9-5-2-6-10-14/h1-10H,11-12H2,(H2,15,16,17).